The normalized spacial score (nSPS) is 13.8. The van der Waals surface area contributed by atoms with Gasteiger partial charge in [0.2, 0.25) is 0 Å². The summed E-state index contributed by atoms with van der Waals surface area (Å²) in [5, 5.41) is 0. The molecule has 0 radical (unpaired) electrons. The smallest absolute Gasteiger partial charge is 0.277 e. The monoisotopic (exact) mass is 422 g/mol. The van der Waals surface area contributed by atoms with Crippen LogP contribution in [0, 0.1) is 0 Å². The summed E-state index contributed by atoms with van der Waals surface area (Å²) < 4.78 is 10.6. The molecule has 0 N–H and O–H groups in total. The Kier molecular flexibility index (Phi) is 7.84. The van der Waals surface area contributed by atoms with Crippen LogP contribution in [0.1, 0.15) is 31.4 Å². The van der Waals surface area contributed by atoms with Crippen molar-refractivity contribution < 1.29 is 19.1 Å². The molecule has 0 aliphatic carbocycles. The van der Waals surface area contributed by atoms with E-state index in [-0.39, 0.29) is 11.8 Å². The van der Waals surface area contributed by atoms with Crippen LogP contribution in [0.4, 0.5) is 0 Å². The summed E-state index contributed by atoms with van der Waals surface area (Å²) >= 11 is 0. The number of rotatable bonds is 11. The van der Waals surface area contributed by atoms with Crippen LogP contribution in [0.2, 0.25) is 0 Å². The van der Waals surface area contributed by atoms with Crippen LogP contribution in [0.15, 0.2) is 60.3 Å². The summed E-state index contributed by atoms with van der Waals surface area (Å²) in [6.45, 7) is 6.47. The highest BCUT2D eigenvalue weighted by molar-refractivity contribution is 6.35. The van der Waals surface area contributed by atoms with Crippen molar-refractivity contribution in [2.45, 2.75) is 26.8 Å². The fourth-order valence-corrected chi connectivity index (χ4v) is 3.72. The Morgan fingerprint density at radius 3 is 2.26 bits per heavy atom. The van der Waals surface area contributed by atoms with E-state index in [2.05, 4.69) is 0 Å². The molecule has 0 saturated heterocycles. The number of likely N-dealkylation sites (N-methyl/N-ethyl adjacent to an activating group) is 1. The molecule has 6 heteroatoms. The van der Waals surface area contributed by atoms with E-state index < -0.39 is 0 Å². The van der Waals surface area contributed by atoms with Gasteiger partial charge in [0.05, 0.1) is 12.2 Å². The Bertz CT molecular complexity index is 922. The van der Waals surface area contributed by atoms with Gasteiger partial charge in [-0.1, -0.05) is 42.5 Å². The molecule has 1 aliphatic heterocycles. The zero-order valence-electron chi connectivity index (χ0n) is 18.5. The summed E-state index contributed by atoms with van der Waals surface area (Å²) in [6.07, 6.45) is 0.600. The molecule has 2 aromatic carbocycles. The van der Waals surface area contributed by atoms with Crippen molar-refractivity contribution in [3.05, 3.63) is 71.4 Å². The van der Waals surface area contributed by atoms with Gasteiger partial charge < -0.3 is 14.4 Å². The average molecular weight is 423 g/mol. The third-order valence-corrected chi connectivity index (χ3v) is 5.24. The third kappa shape index (κ3) is 5.14. The Morgan fingerprint density at radius 1 is 0.935 bits per heavy atom. The van der Waals surface area contributed by atoms with Crippen molar-refractivity contribution in [2.75, 3.05) is 33.4 Å². The van der Waals surface area contributed by atoms with Crippen molar-refractivity contribution in [2.24, 2.45) is 0 Å². The van der Waals surface area contributed by atoms with E-state index in [4.69, 9.17) is 9.47 Å². The second kappa shape index (κ2) is 10.8. The fraction of sp³-hybridized carbons (Fsp3) is 0.360. The van der Waals surface area contributed by atoms with Crippen LogP contribution >= 0.6 is 0 Å². The van der Waals surface area contributed by atoms with E-state index in [1.165, 1.54) is 4.90 Å². The van der Waals surface area contributed by atoms with Gasteiger partial charge in [0, 0.05) is 33.4 Å². The molecule has 2 aromatic rings. The SMILES string of the molecule is CCOc1ccc(C2=C(N(CC)Cc3ccccc3)C(=O)N(CCCOC)C2=O)cc1. The molecule has 0 unspecified atom stereocenters. The molecule has 31 heavy (non-hydrogen) atoms. The summed E-state index contributed by atoms with van der Waals surface area (Å²) in [5.41, 5.74) is 2.71. The maximum Gasteiger partial charge on any atom is 0.277 e. The van der Waals surface area contributed by atoms with Crippen molar-refractivity contribution >= 4 is 17.4 Å². The van der Waals surface area contributed by atoms with Gasteiger partial charge in [-0.15, -0.1) is 0 Å². The Balaban J connectivity index is 2.00. The lowest BCUT2D eigenvalue weighted by Crippen LogP contribution is -2.36. The lowest BCUT2D eigenvalue weighted by atomic mass is 10.0. The van der Waals surface area contributed by atoms with Gasteiger partial charge in [-0.25, -0.2) is 0 Å². The van der Waals surface area contributed by atoms with Crippen LogP contribution in [0.5, 0.6) is 5.75 Å². The quantitative estimate of drug-likeness (QED) is 0.408. The number of methoxy groups -OCH3 is 1. The van der Waals surface area contributed by atoms with E-state index in [1.54, 1.807) is 7.11 Å². The van der Waals surface area contributed by atoms with Gasteiger partial charge >= 0.3 is 0 Å². The van der Waals surface area contributed by atoms with Crippen molar-refractivity contribution in [3.8, 4) is 5.75 Å². The number of imide groups is 1. The van der Waals surface area contributed by atoms with Gasteiger partial charge in [-0.05, 0) is 43.5 Å². The minimum absolute atomic E-state index is 0.247. The molecule has 0 fully saturated rings. The second-order valence-electron chi connectivity index (χ2n) is 7.29. The van der Waals surface area contributed by atoms with E-state index >= 15 is 0 Å². The molecule has 0 atom stereocenters. The van der Waals surface area contributed by atoms with Gasteiger partial charge in [0.15, 0.2) is 0 Å². The minimum atomic E-state index is -0.258. The average Bonchev–Trinajstić information content (AvgIpc) is 3.04. The number of hydrogen-bond donors (Lipinski definition) is 0. The number of ether oxygens (including phenoxy) is 2. The molecule has 164 valence electrons. The molecule has 3 rings (SSSR count). The Morgan fingerprint density at radius 2 is 1.65 bits per heavy atom. The molecule has 1 heterocycles. The number of benzene rings is 2. The second-order valence-corrected chi connectivity index (χ2v) is 7.29. The van der Waals surface area contributed by atoms with Crippen LogP contribution in [0.25, 0.3) is 5.57 Å². The lowest BCUT2D eigenvalue weighted by molar-refractivity contribution is -0.137. The highest BCUT2D eigenvalue weighted by Gasteiger charge is 2.40. The predicted octanol–water partition coefficient (Wildman–Crippen LogP) is 3.72. The number of carbonyl (C=O) groups excluding carboxylic acids is 2. The highest BCUT2D eigenvalue weighted by atomic mass is 16.5. The molecule has 0 saturated carbocycles. The molecule has 0 spiro atoms. The van der Waals surface area contributed by atoms with Crippen molar-refractivity contribution in [3.63, 3.8) is 0 Å². The van der Waals surface area contributed by atoms with E-state index in [0.29, 0.717) is 50.5 Å². The summed E-state index contributed by atoms with van der Waals surface area (Å²) in [4.78, 5) is 30.1. The maximum absolute atomic E-state index is 13.4. The van der Waals surface area contributed by atoms with Gasteiger partial charge in [0.1, 0.15) is 11.4 Å². The molecular weight excluding hydrogens is 392 g/mol. The predicted molar refractivity (Wildman–Crippen MR) is 120 cm³/mol. The minimum Gasteiger partial charge on any atom is -0.494 e. The van der Waals surface area contributed by atoms with Crippen LogP contribution in [-0.2, 0) is 20.9 Å². The van der Waals surface area contributed by atoms with E-state index in [0.717, 1.165) is 16.9 Å². The zero-order valence-corrected chi connectivity index (χ0v) is 18.5. The first-order valence-corrected chi connectivity index (χ1v) is 10.7. The van der Waals surface area contributed by atoms with Gasteiger partial charge in [-0.3, -0.25) is 14.5 Å². The molecule has 1 aliphatic rings. The zero-order chi connectivity index (χ0) is 22.2. The largest absolute Gasteiger partial charge is 0.494 e. The molecular formula is C25H30N2O4. The highest BCUT2D eigenvalue weighted by Crippen LogP contribution is 2.33. The first-order valence-electron chi connectivity index (χ1n) is 10.7. The number of carbonyl (C=O) groups is 2. The summed E-state index contributed by atoms with van der Waals surface area (Å²) in [6, 6.07) is 17.3. The van der Waals surface area contributed by atoms with Crippen LogP contribution < -0.4 is 4.74 Å². The molecule has 6 nitrogen and oxygen atoms in total. The van der Waals surface area contributed by atoms with Crippen LogP contribution in [-0.4, -0.2) is 55.0 Å². The fourth-order valence-electron chi connectivity index (χ4n) is 3.72. The first-order chi connectivity index (χ1) is 15.1. The van der Waals surface area contributed by atoms with E-state index in [9.17, 15) is 9.59 Å². The molecule has 0 aromatic heterocycles. The van der Waals surface area contributed by atoms with Crippen molar-refractivity contribution in [1.82, 2.24) is 9.80 Å². The number of nitrogens with zero attached hydrogens (tertiary/aromatic N) is 2. The number of hydrogen-bond acceptors (Lipinski definition) is 5. The summed E-state index contributed by atoms with van der Waals surface area (Å²) in [5.74, 6) is 0.230. The lowest BCUT2D eigenvalue weighted by Gasteiger charge is -2.25. The Labute approximate surface area is 184 Å². The first kappa shape index (κ1) is 22.6. The maximum atomic E-state index is 13.4. The topological polar surface area (TPSA) is 59.1 Å². The van der Waals surface area contributed by atoms with Gasteiger partial charge in [0.25, 0.3) is 11.8 Å². The number of amides is 2. The summed E-state index contributed by atoms with van der Waals surface area (Å²) in [7, 11) is 1.61. The molecule has 0 bridgehead atoms. The van der Waals surface area contributed by atoms with Gasteiger partial charge in [-0.2, -0.15) is 0 Å². The Hall–Kier alpha value is -3.12. The third-order valence-electron chi connectivity index (χ3n) is 5.24. The van der Waals surface area contributed by atoms with Crippen molar-refractivity contribution in [1.29, 1.82) is 0 Å². The van der Waals surface area contributed by atoms with E-state index in [1.807, 2.05) is 73.3 Å². The molecule has 2 amide bonds. The van der Waals surface area contributed by atoms with Crippen LogP contribution in [0.3, 0.4) is 0 Å². The standard InChI is InChI=1S/C25H30N2O4/c1-4-26(18-19-10-7-6-8-11-19)23-22(20-12-14-21(15-13-20)31-5-2)24(28)27(25(23)29)16-9-17-30-3/h6-8,10-15H,4-5,9,16-18H2,1-3H3.